The Morgan fingerprint density at radius 2 is 2.07 bits per heavy atom. The lowest BCUT2D eigenvalue weighted by atomic mass is 10.0. The third-order valence-corrected chi connectivity index (χ3v) is 4.97. The molecule has 4 aromatic rings. The molecule has 0 aliphatic heterocycles. The molecule has 7 heteroatoms. The van der Waals surface area contributed by atoms with Crippen LogP contribution in [-0.4, -0.2) is 25.1 Å². The zero-order chi connectivity index (χ0) is 18.2. The minimum absolute atomic E-state index is 0.0756. The summed E-state index contributed by atoms with van der Waals surface area (Å²) in [7, 11) is 0. The number of H-pyrrole nitrogens is 2. The van der Waals surface area contributed by atoms with Crippen molar-refractivity contribution in [2.75, 3.05) is 10.6 Å². The van der Waals surface area contributed by atoms with Gasteiger partial charge >= 0.3 is 0 Å². The van der Waals surface area contributed by atoms with E-state index in [2.05, 4.69) is 73.0 Å². The minimum atomic E-state index is 0.0756. The van der Waals surface area contributed by atoms with E-state index in [1.165, 1.54) is 29.5 Å². The number of benzene rings is 1. The molecule has 0 radical (unpaired) electrons. The Labute approximate surface area is 156 Å². The second-order valence-electron chi connectivity index (χ2n) is 7.03. The fraction of sp³-hybridized carbons (Fsp3) is 0.250. The number of hydrogen-bond acceptors (Lipinski definition) is 5. The molecule has 1 aromatic carbocycles. The second-order valence-corrected chi connectivity index (χ2v) is 7.03. The van der Waals surface area contributed by atoms with Gasteiger partial charge in [-0.3, -0.25) is 5.10 Å². The molecule has 1 unspecified atom stereocenters. The highest BCUT2D eigenvalue weighted by atomic mass is 15.2. The van der Waals surface area contributed by atoms with E-state index in [1.807, 2.05) is 12.3 Å². The third kappa shape index (κ3) is 3.23. The molecule has 1 aliphatic rings. The molecule has 1 saturated carbocycles. The van der Waals surface area contributed by atoms with Crippen molar-refractivity contribution in [1.29, 1.82) is 0 Å². The van der Waals surface area contributed by atoms with Gasteiger partial charge in [0.2, 0.25) is 5.95 Å². The predicted molar refractivity (Wildman–Crippen MR) is 106 cm³/mol. The fourth-order valence-electron chi connectivity index (χ4n) is 3.39. The molecule has 0 amide bonds. The van der Waals surface area contributed by atoms with Gasteiger partial charge in [-0.15, -0.1) is 0 Å². The van der Waals surface area contributed by atoms with Gasteiger partial charge in [-0.2, -0.15) is 10.1 Å². The van der Waals surface area contributed by atoms with E-state index in [0.29, 0.717) is 17.7 Å². The first kappa shape index (κ1) is 15.9. The van der Waals surface area contributed by atoms with Gasteiger partial charge in [0, 0.05) is 41.0 Å². The highest BCUT2D eigenvalue weighted by molar-refractivity contribution is 5.83. The summed E-state index contributed by atoms with van der Waals surface area (Å²) in [6.07, 6.45) is 6.20. The van der Waals surface area contributed by atoms with E-state index < -0.39 is 0 Å². The van der Waals surface area contributed by atoms with Crippen molar-refractivity contribution in [3.63, 3.8) is 0 Å². The zero-order valence-corrected chi connectivity index (χ0v) is 15.0. The third-order valence-electron chi connectivity index (χ3n) is 4.97. The van der Waals surface area contributed by atoms with Crippen LogP contribution < -0.4 is 10.6 Å². The molecule has 7 nitrogen and oxygen atoms in total. The van der Waals surface area contributed by atoms with Gasteiger partial charge in [0.05, 0.1) is 6.04 Å². The second kappa shape index (κ2) is 6.42. The first-order valence-corrected chi connectivity index (χ1v) is 9.24. The van der Waals surface area contributed by atoms with Crippen LogP contribution in [-0.2, 0) is 0 Å². The molecule has 0 saturated heterocycles. The minimum Gasteiger partial charge on any atom is -0.361 e. The van der Waals surface area contributed by atoms with Crippen LogP contribution in [0.5, 0.6) is 0 Å². The van der Waals surface area contributed by atoms with Gasteiger partial charge in [0.15, 0.2) is 5.82 Å². The quantitative estimate of drug-likeness (QED) is 0.407. The molecule has 3 heterocycles. The molecule has 0 spiro atoms. The van der Waals surface area contributed by atoms with Gasteiger partial charge < -0.3 is 15.6 Å². The molecular formula is C20H21N7. The monoisotopic (exact) mass is 359 g/mol. The normalized spacial score (nSPS) is 15.0. The van der Waals surface area contributed by atoms with E-state index in [0.717, 1.165) is 11.3 Å². The van der Waals surface area contributed by atoms with Crippen molar-refractivity contribution in [3.05, 3.63) is 60.0 Å². The van der Waals surface area contributed by atoms with Gasteiger partial charge in [-0.1, -0.05) is 12.1 Å². The maximum absolute atomic E-state index is 4.58. The van der Waals surface area contributed by atoms with Crippen LogP contribution in [0.15, 0.2) is 48.8 Å². The number of hydrogen-bond donors (Lipinski definition) is 4. The Hall–Kier alpha value is -3.35. The summed E-state index contributed by atoms with van der Waals surface area (Å²) in [6.45, 7) is 2.11. The molecular weight excluding hydrogens is 338 g/mol. The first-order chi connectivity index (χ1) is 13.3. The molecule has 5 rings (SSSR count). The Morgan fingerprint density at radius 1 is 1.15 bits per heavy atom. The number of aromatic amines is 2. The highest BCUT2D eigenvalue weighted by Crippen LogP contribution is 2.39. The fourth-order valence-corrected chi connectivity index (χ4v) is 3.39. The first-order valence-electron chi connectivity index (χ1n) is 9.24. The summed E-state index contributed by atoms with van der Waals surface area (Å²) in [5.74, 6) is 2.73. The molecule has 1 atom stereocenters. The predicted octanol–water partition coefficient (Wildman–Crippen LogP) is 4.48. The van der Waals surface area contributed by atoms with Crippen molar-refractivity contribution in [3.8, 4) is 0 Å². The maximum atomic E-state index is 4.58. The van der Waals surface area contributed by atoms with Gasteiger partial charge in [0.25, 0.3) is 0 Å². The summed E-state index contributed by atoms with van der Waals surface area (Å²) in [5, 5.41) is 15.3. The van der Waals surface area contributed by atoms with Crippen LogP contribution in [0.25, 0.3) is 10.9 Å². The Balaban J connectivity index is 1.33. The van der Waals surface area contributed by atoms with Crippen LogP contribution >= 0.6 is 0 Å². The summed E-state index contributed by atoms with van der Waals surface area (Å²) in [6, 6.07) is 12.3. The number of nitrogens with one attached hydrogen (secondary N) is 4. The summed E-state index contributed by atoms with van der Waals surface area (Å²) in [4.78, 5) is 12.2. The van der Waals surface area contributed by atoms with Crippen molar-refractivity contribution < 1.29 is 0 Å². The van der Waals surface area contributed by atoms with Crippen LogP contribution in [0.1, 0.15) is 43.0 Å². The van der Waals surface area contributed by atoms with Crippen molar-refractivity contribution in [1.82, 2.24) is 25.1 Å². The van der Waals surface area contributed by atoms with E-state index >= 15 is 0 Å². The maximum Gasteiger partial charge on any atom is 0.225 e. The van der Waals surface area contributed by atoms with Crippen LogP contribution in [0.3, 0.4) is 0 Å². The zero-order valence-electron chi connectivity index (χ0n) is 15.0. The van der Waals surface area contributed by atoms with Gasteiger partial charge in [-0.05, 0) is 43.5 Å². The van der Waals surface area contributed by atoms with E-state index in [-0.39, 0.29) is 6.04 Å². The molecule has 136 valence electrons. The number of anilines is 3. The summed E-state index contributed by atoms with van der Waals surface area (Å²) in [5.41, 5.74) is 3.53. The Kier molecular flexibility index (Phi) is 3.78. The molecule has 27 heavy (non-hydrogen) atoms. The average molecular weight is 359 g/mol. The number of nitrogens with zero attached hydrogens (tertiary/aromatic N) is 3. The highest BCUT2D eigenvalue weighted by Gasteiger charge is 2.25. The number of aromatic nitrogens is 5. The Morgan fingerprint density at radius 3 is 2.96 bits per heavy atom. The van der Waals surface area contributed by atoms with Crippen LogP contribution in [0.4, 0.5) is 17.6 Å². The molecule has 3 aromatic heterocycles. The van der Waals surface area contributed by atoms with Crippen molar-refractivity contribution >= 4 is 28.5 Å². The lowest BCUT2D eigenvalue weighted by Gasteiger charge is -2.15. The van der Waals surface area contributed by atoms with E-state index in [4.69, 9.17) is 0 Å². The molecule has 1 fully saturated rings. The van der Waals surface area contributed by atoms with Crippen molar-refractivity contribution in [2.45, 2.75) is 31.7 Å². The summed E-state index contributed by atoms with van der Waals surface area (Å²) >= 11 is 0. The standard InChI is InChI=1S/C20H21N7/c1-12(14-3-2-4-16-15(14)7-9-21-16)23-20-22-10-8-18(25-20)24-19-11-17(26-27-19)13-5-6-13/h2-4,7-13,21H,5-6H2,1H3,(H3,22,23,24,25,26,27). The van der Waals surface area contributed by atoms with E-state index in [9.17, 15) is 0 Å². The molecule has 1 aliphatic carbocycles. The SMILES string of the molecule is CC(Nc1nccc(Nc2cc(C3CC3)[nH]n2)n1)c1cccc2[nH]ccc12. The van der Waals surface area contributed by atoms with Crippen LogP contribution in [0.2, 0.25) is 0 Å². The number of rotatable bonds is 6. The topological polar surface area (TPSA) is 94.3 Å². The lowest BCUT2D eigenvalue weighted by Crippen LogP contribution is -2.10. The summed E-state index contributed by atoms with van der Waals surface area (Å²) < 4.78 is 0. The van der Waals surface area contributed by atoms with Gasteiger partial charge in [-0.25, -0.2) is 4.98 Å². The Bertz CT molecular complexity index is 1080. The molecule has 0 bridgehead atoms. The van der Waals surface area contributed by atoms with Crippen molar-refractivity contribution in [2.24, 2.45) is 0 Å². The smallest absolute Gasteiger partial charge is 0.225 e. The largest absolute Gasteiger partial charge is 0.361 e. The van der Waals surface area contributed by atoms with Gasteiger partial charge in [0.1, 0.15) is 5.82 Å². The molecule has 4 N–H and O–H groups in total. The van der Waals surface area contributed by atoms with E-state index in [1.54, 1.807) is 6.20 Å². The van der Waals surface area contributed by atoms with Crippen LogP contribution in [0, 0.1) is 0 Å². The lowest BCUT2D eigenvalue weighted by molar-refractivity contribution is 0.869. The number of fused-ring (bicyclic) bond motifs is 1. The average Bonchev–Trinajstić information content (AvgIpc) is 3.22.